The summed E-state index contributed by atoms with van der Waals surface area (Å²) in [7, 11) is 0. The molecule has 0 unspecified atom stereocenters. The fourth-order valence-electron chi connectivity index (χ4n) is 2.25. The van der Waals surface area contributed by atoms with E-state index in [9.17, 15) is 10.1 Å². The lowest BCUT2D eigenvalue weighted by Crippen LogP contribution is -2.08. The van der Waals surface area contributed by atoms with Crippen molar-refractivity contribution in [3.05, 3.63) is 62.1 Å². The summed E-state index contributed by atoms with van der Waals surface area (Å²) in [5.41, 5.74) is 1.45. The van der Waals surface area contributed by atoms with Crippen LogP contribution in [0.5, 0.6) is 11.5 Å². The maximum Gasteiger partial charge on any atom is 0.269 e. The molecule has 7 nitrogen and oxygen atoms in total. The van der Waals surface area contributed by atoms with Crippen LogP contribution in [0, 0.1) is 10.1 Å². The molecule has 0 saturated carbocycles. The first kappa shape index (κ1) is 20.7. The van der Waals surface area contributed by atoms with Crippen molar-refractivity contribution in [1.29, 1.82) is 0 Å². The van der Waals surface area contributed by atoms with Crippen LogP contribution in [-0.4, -0.2) is 23.8 Å². The van der Waals surface area contributed by atoms with Crippen molar-refractivity contribution in [3.8, 4) is 11.5 Å². The molecule has 0 aliphatic rings. The molecule has 0 fully saturated rings. The topological polar surface area (TPSA) is 83.2 Å². The average molecular weight is 437 g/mol. The molecule has 2 rings (SSSR count). The van der Waals surface area contributed by atoms with Crippen LogP contribution in [0.4, 0.5) is 5.69 Å². The molecule has 0 aliphatic carbocycles. The molecule has 2 aromatic carbocycles. The lowest BCUT2D eigenvalue weighted by Gasteiger charge is -2.16. The first-order valence-corrected chi connectivity index (χ1v) is 9.21. The van der Waals surface area contributed by atoms with E-state index in [4.69, 9.17) is 14.3 Å². The van der Waals surface area contributed by atoms with Crippen LogP contribution in [0.25, 0.3) is 0 Å². The number of nitrogens with zero attached hydrogens (tertiary/aromatic N) is 2. The first-order chi connectivity index (χ1) is 12.9. The van der Waals surface area contributed by atoms with Crippen molar-refractivity contribution < 1.29 is 19.2 Å². The molecule has 144 valence electrons. The number of non-ortho nitro benzene ring substituents is 1. The Balaban J connectivity index is 2.08. The maximum atomic E-state index is 10.8. The summed E-state index contributed by atoms with van der Waals surface area (Å²) < 4.78 is 12.2. The quantitative estimate of drug-likeness (QED) is 0.310. The van der Waals surface area contributed by atoms with Crippen molar-refractivity contribution in [2.75, 3.05) is 6.61 Å². The number of halogens is 1. The third-order valence-corrected chi connectivity index (χ3v) is 3.90. The number of nitro benzene ring substituents is 1. The highest BCUT2D eigenvalue weighted by atomic mass is 79.9. The Morgan fingerprint density at radius 3 is 2.74 bits per heavy atom. The van der Waals surface area contributed by atoms with Crippen molar-refractivity contribution in [1.82, 2.24) is 0 Å². The zero-order valence-electron chi connectivity index (χ0n) is 15.3. The number of hydrogen-bond donors (Lipinski definition) is 0. The van der Waals surface area contributed by atoms with Crippen molar-refractivity contribution in [3.63, 3.8) is 0 Å². The molecule has 0 aliphatic heterocycles. The van der Waals surface area contributed by atoms with Gasteiger partial charge in [0, 0.05) is 17.7 Å². The molecule has 8 heteroatoms. The van der Waals surface area contributed by atoms with Gasteiger partial charge in [0.1, 0.15) is 6.61 Å². The summed E-state index contributed by atoms with van der Waals surface area (Å²) in [6.45, 7) is 6.42. The number of rotatable bonds is 9. The number of ether oxygens (including phenoxy) is 2. The zero-order valence-corrected chi connectivity index (χ0v) is 16.9. The molecule has 0 saturated heterocycles. The fraction of sp³-hybridized carbons (Fsp3) is 0.316. The van der Waals surface area contributed by atoms with E-state index in [-0.39, 0.29) is 18.4 Å². The lowest BCUT2D eigenvalue weighted by molar-refractivity contribution is -0.384. The highest BCUT2D eigenvalue weighted by Gasteiger charge is 2.13. The molecule has 2 aromatic rings. The van der Waals surface area contributed by atoms with Crippen LogP contribution in [0.3, 0.4) is 0 Å². The van der Waals surface area contributed by atoms with Gasteiger partial charge in [-0.05, 0) is 54.4 Å². The van der Waals surface area contributed by atoms with Crippen LogP contribution in [0.1, 0.15) is 31.9 Å². The largest absolute Gasteiger partial charge is 0.490 e. The standard InChI is InChI=1S/C19H21BrN2O5/c1-4-25-18-10-15(9-17(20)19(18)27-13(2)3)11-21-26-12-14-6-5-7-16(8-14)22(23)24/h5-11,13H,4,12H2,1-3H3/b21-11-. The normalized spacial score (nSPS) is 11.0. The second-order valence-corrected chi connectivity index (χ2v) is 6.72. The van der Waals surface area contributed by atoms with E-state index in [1.165, 1.54) is 12.1 Å². The molecule has 0 radical (unpaired) electrons. The SMILES string of the molecule is CCOc1cc(/C=N\OCc2cccc([N+](=O)[O-])c2)cc(Br)c1OC(C)C. The monoisotopic (exact) mass is 436 g/mol. The Morgan fingerprint density at radius 1 is 1.30 bits per heavy atom. The third-order valence-electron chi connectivity index (χ3n) is 3.31. The Hall–Kier alpha value is -2.61. The van der Waals surface area contributed by atoms with E-state index in [2.05, 4.69) is 21.1 Å². The zero-order chi connectivity index (χ0) is 19.8. The van der Waals surface area contributed by atoms with Gasteiger partial charge in [-0.25, -0.2) is 0 Å². The maximum absolute atomic E-state index is 10.8. The van der Waals surface area contributed by atoms with Gasteiger partial charge >= 0.3 is 0 Å². The van der Waals surface area contributed by atoms with Crippen LogP contribution >= 0.6 is 15.9 Å². The minimum atomic E-state index is -0.444. The summed E-state index contributed by atoms with van der Waals surface area (Å²) in [4.78, 5) is 15.6. The first-order valence-electron chi connectivity index (χ1n) is 8.42. The van der Waals surface area contributed by atoms with E-state index in [0.717, 1.165) is 10.0 Å². The second kappa shape index (κ2) is 9.91. The molecule has 27 heavy (non-hydrogen) atoms. The van der Waals surface area contributed by atoms with Crippen LogP contribution in [0.15, 0.2) is 46.0 Å². The molecular weight excluding hydrogens is 416 g/mol. The minimum absolute atomic E-state index is 0.0123. The Morgan fingerprint density at radius 2 is 2.07 bits per heavy atom. The molecule has 0 heterocycles. The number of nitro groups is 1. The Labute approximate surface area is 166 Å². The van der Waals surface area contributed by atoms with E-state index >= 15 is 0 Å². The highest BCUT2D eigenvalue weighted by molar-refractivity contribution is 9.10. The summed E-state index contributed by atoms with van der Waals surface area (Å²) in [6.07, 6.45) is 1.56. The Bertz CT molecular complexity index is 824. The van der Waals surface area contributed by atoms with Gasteiger partial charge < -0.3 is 14.3 Å². The molecular formula is C19H21BrN2O5. The third kappa shape index (κ3) is 6.25. The van der Waals surface area contributed by atoms with Gasteiger partial charge in [0.05, 0.1) is 28.3 Å². The van der Waals surface area contributed by atoms with Crippen molar-refractivity contribution in [2.24, 2.45) is 5.16 Å². The summed E-state index contributed by atoms with van der Waals surface area (Å²) in [6, 6.07) is 9.90. The predicted octanol–water partition coefficient (Wildman–Crippen LogP) is 5.09. The molecule has 0 aromatic heterocycles. The fourth-order valence-corrected chi connectivity index (χ4v) is 2.80. The van der Waals surface area contributed by atoms with Crippen LogP contribution in [0.2, 0.25) is 0 Å². The smallest absolute Gasteiger partial charge is 0.269 e. The summed E-state index contributed by atoms with van der Waals surface area (Å²) in [5, 5.41) is 14.7. The van der Waals surface area contributed by atoms with Crippen molar-refractivity contribution in [2.45, 2.75) is 33.5 Å². The molecule has 0 amide bonds. The lowest BCUT2D eigenvalue weighted by atomic mass is 10.2. The summed E-state index contributed by atoms with van der Waals surface area (Å²) >= 11 is 3.49. The van der Waals surface area contributed by atoms with Gasteiger partial charge in [-0.15, -0.1) is 0 Å². The number of oxime groups is 1. The Kier molecular flexibility index (Phi) is 7.60. The molecule has 0 bridgehead atoms. The predicted molar refractivity (Wildman–Crippen MR) is 107 cm³/mol. The summed E-state index contributed by atoms with van der Waals surface area (Å²) in [5.74, 6) is 1.25. The van der Waals surface area contributed by atoms with Gasteiger partial charge in [0.15, 0.2) is 11.5 Å². The second-order valence-electron chi connectivity index (χ2n) is 5.86. The van der Waals surface area contributed by atoms with Gasteiger partial charge in [-0.2, -0.15) is 0 Å². The molecule has 0 spiro atoms. The van der Waals surface area contributed by atoms with E-state index in [0.29, 0.717) is 23.7 Å². The van der Waals surface area contributed by atoms with E-state index in [1.807, 2.05) is 32.9 Å². The minimum Gasteiger partial charge on any atom is -0.490 e. The highest BCUT2D eigenvalue weighted by Crippen LogP contribution is 2.37. The van der Waals surface area contributed by atoms with Gasteiger partial charge in [0.25, 0.3) is 5.69 Å². The van der Waals surface area contributed by atoms with Gasteiger partial charge in [-0.3, -0.25) is 10.1 Å². The van der Waals surface area contributed by atoms with Gasteiger partial charge in [0.2, 0.25) is 0 Å². The van der Waals surface area contributed by atoms with Crippen LogP contribution < -0.4 is 9.47 Å². The van der Waals surface area contributed by atoms with Crippen LogP contribution in [-0.2, 0) is 11.4 Å². The molecule has 0 N–H and O–H groups in total. The number of hydrogen-bond acceptors (Lipinski definition) is 6. The number of benzene rings is 2. The van der Waals surface area contributed by atoms with Gasteiger partial charge in [-0.1, -0.05) is 17.3 Å². The average Bonchev–Trinajstić information content (AvgIpc) is 2.62. The van der Waals surface area contributed by atoms with E-state index < -0.39 is 4.92 Å². The van der Waals surface area contributed by atoms with E-state index in [1.54, 1.807) is 18.3 Å². The van der Waals surface area contributed by atoms with Crippen molar-refractivity contribution >= 4 is 27.8 Å². The molecule has 0 atom stereocenters.